The molecule has 2 heteroatoms. The molecule has 1 N–H and O–H groups in total. The molecule has 1 aliphatic rings. The quantitative estimate of drug-likeness (QED) is 0.565. The molecule has 0 radical (unpaired) electrons. The number of nitrogens with one attached hydrogen (secondary N) is 1. The largest absolute Gasteiger partial charge is 0.320 e. The lowest BCUT2D eigenvalue weighted by Crippen LogP contribution is -2.25. The summed E-state index contributed by atoms with van der Waals surface area (Å²) in [6.07, 6.45) is 9.58. The molecule has 100 valence electrons. The Morgan fingerprint density at radius 1 is 1.12 bits per heavy atom. The molecule has 0 heterocycles. The minimum atomic E-state index is 1.13. The molecule has 0 aromatic rings. The highest BCUT2D eigenvalue weighted by atomic mass is 15.1. The van der Waals surface area contributed by atoms with Gasteiger partial charge in [-0.25, -0.2) is 0 Å². The van der Waals surface area contributed by atoms with Crippen molar-refractivity contribution < 1.29 is 0 Å². The standard InChI is InChI=1S/C15H30N2/c1-14-9-6-4-5-7-10-15(14)13-17(3)12-8-11-16-2/h16H,4-13H2,1-3H3/b15-14+. The Hall–Kier alpha value is -0.340. The topological polar surface area (TPSA) is 15.3 Å². The van der Waals surface area contributed by atoms with Crippen molar-refractivity contribution in [1.29, 1.82) is 0 Å². The number of hydrogen-bond donors (Lipinski definition) is 1. The van der Waals surface area contributed by atoms with E-state index in [1.807, 2.05) is 7.05 Å². The summed E-state index contributed by atoms with van der Waals surface area (Å²) >= 11 is 0. The monoisotopic (exact) mass is 238 g/mol. The van der Waals surface area contributed by atoms with Crippen LogP contribution in [0.25, 0.3) is 0 Å². The molecule has 1 aliphatic carbocycles. The highest BCUT2D eigenvalue weighted by Gasteiger charge is 2.09. The van der Waals surface area contributed by atoms with Crippen molar-refractivity contribution in [2.75, 3.05) is 33.7 Å². The molecule has 0 saturated heterocycles. The third-order valence-electron chi connectivity index (χ3n) is 3.81. The molecule has 0 unspecified atom stereocenters. The molecule has 0 fully saturated rings. The second-order valence-electron chi connectivity index (χ2n) is 5.49. The van der Waals surface area contributed by atoms with Gasteiger partial charge in [-0.15, -0.1) is 0 Å². The van der Waals surface area contributed by atoms with Gasteiger partial charge >= 0.3 is 0 Å². The fourth-order valence-electron chi connectivity index (χ4n) is 2.62. The second-order valence-corrected chi connectivity index (χ2v) is 5.49. The highest BCUT2D eigenvalue weighted by molar-refractivity contribution is 5.14. The van der Waals surface area contributed by atoms with Crippen molar-refractivity contribution >= 4 is 0 Å². The van der Waals surface area contributed by atoms with E-state index < -0.39 is 0 Å². The molecule has 0 spiro atoms. The van der Waals surface area contributed by atoms with Gasteiger partial charge in [0.25, 0.3) is 0 Å². The zero-order valence-electron chi connectivity index (χ0n) is 12.0. The SMILES string of the molecule is CNCCCN(C)C/C1=C(\C)CCCCCC1. The first-order valence-electron chi connectivity index (χ1n) is 7.24. The summed E-state index contributed by atoms with van der Waals surface area (Å²) in [6.45, 7) is 5.87. The molecule has 0 bridgehead atoms. The van der Waals surface area contributed by atoms with Gasteiger partial charge in [0.15, 0.2) is 0 Å². The average Bonchev–Trinajstić information content (AvgIpc) is 2.29. The van der Waals surface area contributed by atoms with Crippen LogP contribution in [0.1, 0.15) is 51.9 Å². The Labute approximate surface area is 107 Å². The Bertz CT molecular complexity index is 233. The van der Waals surface area contributed by atoms with Gasteiger partial charge in [-0.05, 0) is 66.2 Å². The van der Waals surface area contributed by atoms with Crippen molar-refractivity contribution in [1.82, 2.24) is 10.2 Å². The van der Waals surface area contributed by atoms with Crippen LogP contribution >= 0.6 is 0 Å². The minimum absolute atomic E-state index is 1.13. The molecular formula is C15H30N2. The van der Waals surface area contributed by atoms with Crippen LogP contribution < -0.4 is 5.32 Å². The van der Waals surface area contributed by atoms with E-state index in [1.54, 1.807) is 11.1 Å². The number of allylic oxidation sites excluding steroid dienone is 1. The molecule has 0 atom stereocenters. The summed E-state index contributed by atoms with van der Waals surface area (Å²) in [6, 6.07) is 0. The molecule has 2 nitrogen and oxygen atoms in total. The Morgan fingerprint density at radius 2 is 1.82 bits per heavy atom. The van der Waals surface area contributed by atoms with Crippen LogP contribution in [0.5, 0.6) is 0 Å². The lowest BCUT2D eigenvalue weighted by atomic mass is 9.94. The van der Waals surface area contributed by atoms with Crippen LogP contribution in [0.4, 0.5) is 0 Å². The van der Waals surface area contributed by atoms with Gasteiger partial charge in [0.1, 0.15) is 0 Å². The predicted octanol–water partition coefficient (Wildman–Crippen LogP) is 3.20. The van der Waals surface area contributed by atoms with Gasteiger partial charge in [-0.3, -0.25) is 0 Å². The lowest BCUT2D eigenvalue weighted by molar-refractivity contribution is 0.347. The maximum Gasteiger partial charge on any atom is 0.0192 e. The molecular weight excluding hydrogens is 208 g/mol. The van der Waals surface area contributed by atoms with E-state index in [4.69, 9.17) is 0 Å². The Balaban J connectivity index is 2.37. The summed E-state index contributed by atoms with van der Waals surface area (Å²) in [5, 5.41) is 3.22. The van der Waals surface area contributed by atoms with Crippen LogP contribution in [0.15, 0.2) is 11.1 Å². The number of nitrogens with zero attached hydrogens (tertiary/aromatic N) is 1. The molecule has 0 amide bonds. The summed E-state index contributed by atoms with van der Waals surface area (Å²) < 4.78 is 0. The number of rotatable bonds is 6. The first-order valence-corrected chi connectivity index (χ1v) is 7.24. The molecule has 0 aliphatic heterocycles. The van der Waals surface area contributed by atoms with E-state index >= 15 is 0 Å². The molecule has 0 aromatic heterocycles. The fourth-order valence-corrected chi connectivity index (χ4v) is 2.62. The van der Waals surface area contributed by atoms with Crippen molar-refractivity contribution in [3.8, 4) is 0 Å². The van der Waals surface area contributed by atoms with Crippen molar-refractivity contribution in [2.45, 2.75) is 51.9 Å². The molecule has 1 rings (SSSR count). The van der Waals surface area contributed by atoms with Crippen LogP contribution in [0.2, 0.25) is 0 Å². The van der Waals surface area contributed by atoms with Crippen LogP contribution in [-0.4, -0.2) is 38.6 Å². The zero-order valence-corrected chi connectivity index (χ0v) is 12.0. The lowest BCUT2D eigenvalue weighted by Gasteiger charge is -2.22. The van der Waals surface area contributed by atoms with Gasteiger partial charge in [0.2, 0.25) is 0 Å². The van der Waals surface area contributed by atoms with Crippen molar-refractivity contribution in [2.24, 2.45) is 0 Å². The van der Waals surface area contributed by atoms with Crippen molar-refractivity contribution in [3.63, 3.8) is 0 Å². The summed E-state index contributed by atoms with van der Waals surface area (Å²) in [7, 11) is 4.29. The molecule has 0 saturated carbocycles. The average molecular weight is 238 g/mol. The second kappa shape index (κ2) is 8.71. The van der Waals surface area contributed by atoms with Crippen molar-refractivity contribution in [3.05, 3.63) is 11.1 Å². The number of hydrogen-bond acceptors (Lipinski definition) is 2. The van der Waals surface area contributed by atoms with Gasteiger partial charge in [0.05, 0.1) is 0 Å². The van der Waals surface area contributed by atoms with E-state index in [0.29, 0.717) is 0 Å². The third kappa shape index (κ3) is 6.23. The van der Waals surface area contributed by atoms with Crippen LogP contribution in [0.3, 0.4) is 0 Å². The zero-order chi connectivity index (χ0) is 12.5. The molecule has 0 aromatic carbocycles. The first kappa shape index (κ1) is 14.7. The van der Waals surface area contributed by atoms with E-state index in [1.165, 1.54) is 58.0 Å². The van der Waals surface area contributed by atoms with E-state index in [9.17, 15) is 0 Å². The normalized spacial score (nSPS) is 22.6. The summed E-state index contributed by atoms with van der Waals surface area (Å²) in [5.41, 5.74) is 3.39. The number of likely N-dealkylation sites (N-methyl/N-ethyl adjacent to an activating group) is 1. The first-order chi connectivity index (χ1) is 8.24. The van der Waals surface area contributed by atoms with Crippen LogP contribution in [0, 0.1) is 0 Å². The summed E-state index contributed by atoms with van der Waals surface area (Å²) in [5.74, 6) is 0. The van der Waals surface area contributed by atoms with E-state index in [2.05, 4.69) is 24.2 Å². The maximum atomic E-state index is 3.22. The van der Waals surface area contributed by atoms with E-state index in [0.717, 1.165) is 6.54 Å². The molecule has 17 heavy (non-hydrogen) atoms. The summed E-state index contributed by atoms with van der Waals surface area (Å²) in [4.78, 5) is 2.48. The van der Waals surface area contributed by atoms with Crippen LogP contribution in [-0.2, 0) is 0 Å². The minimum Gasteiger partial charge on any atom is -0.320 e. The smallest absolute Gasteiger partial charge is 0.0192 e. The van der Waals surface area contributed by atoms with Gasteiger partial charge in [-0.1, -0.05) is 24.0 Å². The maximum absolute atomic E-state index is 3.22. The Morgan fingerprint density at radius 3 is 2.53 bits per heavy atom. The van der Waals surface area contributed by atoms with E-state index in [-0.39, 0.29) is 0 Å². The van der Waals surface area contributed by atoms with Gasteiger partial charge in [0, 0.05) is 6.54 Å². The third-order valence-corrected chi connectivity index (χ3v) is 3.81. The van der Waals surface area contributed by atoms with Gasteiger partial charge in [-0.2, -0.15) is 0 Å². The highest BCUT2D eigenvalue weighted by Crippen LogP contribution is 2.23. The predicted molar refractivity (Wildman–Crippen MR) is 76.4 cm³/mol. The van der Waals surface area contributed by atoms with Gasteiger partial charge < -0.3 is 10.2 Å². The Kier molecular flexibility index (Phi) is 7.54. The fraction of sp³-hybridized carbons (Fsp3) is 0.867.